The molecule has 2 heterocycles. The predicted molar refractivity (Wildman–Crippen MR) is 128 cm³/mol. The van der Waals surface area contributed by atoms with Gasteiger partial charge in [0.25, 0.3) is 0 Å². The van der Waals surface area contributed by atoms with Crippen LogP contribution in [0.2, 0.25) is 0 Å². The van der Waals surface area contributed by atoms with Gasteiger partial charge in [0.05, 0.1) is 6.61 Å². The smallest absolute Gasteiger partial charge is 0.0523 e. The molecule has 1 aliphatic carbocycles. The van der Waals surface area contributed by atoms with E-state index in [9.17, 15) is 0 Å². The van der Waals surface area contributed by atoms with Crippen molar-refractivity contribution in [2.75, 3.05) is 26.3 Å². The second-order valence-electron chi connectivity index (χ2n) is 9.89. The standard InChI is InChI=1S/C28H40N2O/c1-3-31-23-27(17-14-25-10-6-4-7-11-25)18-20-30(21-19-27)28(15-8-5-9-16-28)26-13-12-24(2)29-22-26/h4,6-7,10-13,22H,3,5,8-9,14-21,23H2,1-2H3. The van der Waals surface area contributed by atoms with E-state index in [-0.39, 0.29) is 5.54 Å². The van der Waals surface area contributed by atoms with E-state index in [1.54, 1.807) is 0 Å². The lowest BCUT2D eigenvalue weighted by Gasteiger charge is -2.52. The molecule has 0 amide bonds. The van der Waals surface area contributed by atoms with E-state index in [0.717, 1.165) is 25.3 Å². The number of nitrogens with zero attached hydrogens (tertiary/aromatic N) is 2. The molecule has 1 saturated carbocycles. The number of piperidine rings is 1. The van der Waals surface area contributed by atoms with Crippen LogP contribution >= 0.6 is 0 Å². The van der Waals surface area contributed by atoms with Gasteiger partial charge < -0.3 is 4.74 Å². The molecule has 3 heteroatoms. The van der Waals surface area contributed by atoms with Gasteiger partial charge >= 0.3 is 0 Å². The number of hydrogen-bond acceptors (Lipinski definition) is 3. The van der Waals surface area contributed by atoms with Crippen molar-refractivity contribution in [3.63, 3.8) is 0 Å². The van der Waals surface area contributed by atoms with Crippen LogP contribution in [-0.4, -0.2) is 36.2 Å². The average molecular weight is 421 g/mol. The molecule has 2 aliphatic rings. The number of aromatic nitrogens is 1. The number of pyridine rings is 1. The molecule has 0 bridgehead atoms. The summed E-state index contributed by atoms with van der Waals surface area (Å²) in [4.78, 5) is 7.50. The zero-order valence-corrected chi connectivity index (χ0v) is 19.6. The first kappa shape index (κ1) is 22.5. The highest BCUT2D eigenvalue weighted by Gasteiger charge is 2.44. The van der Waals surface area contributed by atoms with Crippen LogP contribution in [0.4, 0.5) is 0 Å². The molecule has 31 heavy (non-hydrogen) atoms. The Kier molecular flexibility index (Phi) is 7.45. The van der Waals surface area contributed by atoms with Crippen molar-refractivity contribution in [1.82, 2.24) is 9.88 Å². The van der Waals surface area contributed by atoms with Crippen LogP contribution in [0, 0.1) is 12.3 Å². The summed E-state index contributed by atoms with van der Waals surface area (Å²) in [6.07, 6.45) is 13.6. The fraction of sp³-hybridized carbons (Fsp3) is 0.607. The Morgan fingerprint density at radius 2 is 1.68 bits per heavy atom. The molecule has 2 aromatic rings. The molecule has 1 aromatic heterocycles. The van der Waals surface area contributed by atoms with Crippen LogP contribution in [-0.2, 0) is 16.7 Å². The first-order chi connectivity index (χ1) is 15.2. The summed E-state index contributed by atoms with van der Waals surface area (Å²) in [5, 5.41) is 0. The lowest BCUT2D eigenvalue weighted by Crippen LogP contribution is -2.53. The van der Waals surface area contributed by atoms with Crippen molar-refractivity contribution in [3.05, 3.63) is 65.5 Å². The Bertz CT molecular complexity index is 788. The van der Waals surface area contributed by atoms with E-state index in [1.807, 2.05) is 0 Å². The van der Waals surface area contributed by atoms with E-state index in [4.69, 9.17) is 4.74 Å². The Morgan fingerprint density at radius 3 is 2.32 bits per heavy atom. The van der Waals surface area contributed by atoms with Gasteiger partial charge in [0.15, 0.2) is 0 Å². The van der Waals surface area contributed by atoms with Crippen LogP contribution in [0.1, 0.15) is 75.1 Å². The minimum absolute atomic E-state index is 0.191. The molecule has 168 valence electrons. The number of rotatable bonds is 8. The quantitative estimate of drug-likeness (QED) is 0.501. The second kappa shape index (κ2) is 10.3. The molecule has 0 spiro atoms. The SMILES string of the molecule is CCOCC1(CCc2ccccc2)CCN(C2(c3ccc(C)nc3)CCCCC2)CC1. The molecule has 1 aliphatic heterocycles. The third-order valence-corrected chi connectivity index (χ3v) is 7.96. The monoisotopic (exact) mass is 420 g/mol. The van der Waals surface area contributed by atoms with Gasteiger partial charge in [0.2, 0.25) is 0 Å². The molecule has 3 nitrogen and oxygen atoms in total. The van der Waals surface area contributed by atoms with Gasteiger partial charge in [-0.25, -0.2) is 0 Å². The molecule has 4 rings (SSSR count). The van der Waals surface area contributed by atoms with Crippen molar-refractivity contribution in [2.45, 2.75) is 77.2 Å². The van der Waals surface area contributed by atoms with Gasteiger partial charge in [-0.1, -0.05) is 55.7 Å². The van der Waals surface area contributed by atoms with Crippen LogP contribution in [0.15, 0.2) is 48.7 Å². The average Bonchev–Trinajstić information content (AvgIpc) is 2.83. The summed E-state index contributed by atoms with van der Waals surface area (Å²) >= 11 is 0. The fourth-order valence-corrected chi connectivity index (χ4v) is 5.92. The first-order valence-electron chi connectivity index (χ1n) is 12.5. The molecule has 0 radical (unpaired) electrons. The van der Waals surface area contributed by atoms with E-state index in [2.05, 4.69) is 72.4 Å². The van der Waals surface area contributed by atoms with Gasteiger partial charge in [-0.05, 0) is 88.1 Å². The summed E-state index contributed by atoms with van der Waals surface area (Å²) in [7, 11) is 0. The van der Waals surface area contributed by atoms with Gasteiger partial charge in [-0.2, -0.15) is 0 Å². The fourth-order valence-electron chi connectivity index (χ4n) is 5.92. The third kappa shape index (κ3) is 5.21. The summed E-state index contributed by atoms with van der Waals surface area (Å²) in [6.45, 7) is 8.29. The molecular weight excluding hydrogens is 380 g/mol. The molecule has 0 atom stereocenters. The van der Waals surface area contributed by atoms with Crippen molar-refractivity contribution >= 4 is 0 Å². The summed E-state index contributed by atoms with van der Waals surface area (Å²) in [5.41, 5.74) is 4.51. The molecule has 2 fully saturated rings. The second-order valence-corrected chi connectivity index (χ2v) is 9.89. The van der Waals surface area contributed by atoms with Gasteiger partial charge in [-0.3, -0.25) is 9.88 Å². The van der Waals surface area contributed by atoms with Crippen molar-refractivity contribution in [1.29, 1.82) is 0 Å². The number of aryl methyl sites for hydroxylation is 2. The van der Waals surface area contributed by atoms with Crippen LogP contribution in [0.3, 0.4) is 0 Å². The largest absolute Gasteiger partial charge is 0.381 e. The summed E-state index contributed by atoms with van der Waals surface area (Å²) < 4.78 is 6.04. The number of hydrogen-bond donors (Lipinski definition) is 0. The van der Waals surface area contributed by atoms with Gasteiger partial charge in [0, 0.05) is 24.0 Å². The highest BCUT2D eigenvalue weighted by molar-refractivity contribution is 5.24. The molecule has 0 N–H and O–H groups in total. The Morgan fingerprint density at radius 1 is 0.935 bits per heavy atom. The zero-order chi connectivity index (χ0) is 21.6. The molecule has 1 saturated heterocycles. The van der Waals surface area contributed by atoms with Crippen LogP contribution in [0.25, 0.3) is 0 Å². The van der Waals surface area contributed by atoms with E-state index >= 15 is 0 Å². The zero-order valence-electron chi connectivity index (χ0n) is 19.6. The molecule has 1 aromatic carbocycles. The summed E-state index contributed by atoms with van der Waals surface area (Å²) in [6, 6.07) is 15.5. The van der Waals surface area contributed by atoms with Gasteiger partial charge in [-0.15, -0.1) is 0 Å². The highest BCUT2D eigenvalue weighted by atomic mass is 16.5. The predicted octanol–water partition coefficient (Wildman–Crippen LogP) is 6.30. The number of likely N-dealkylation sites (tertiary alicyclic amines) is 1. The lowest BCUT2D eigenvalue weighted by molar-refractivity contribution is -0.0450. The van der Waals surface area contributed by atoms with E-state index in [0.29, 0.717) is 5.41 Å². The minimum Gasteiger partial charge on any atom is -0.381 e. The minimum atomic E-state index is 0.191. The maximum Gasteiger partial charge on any atom is 0.0523 e. The van der Waals surface area contributed by atoms with Crippen LogP contribution < -0.4 is 0 Å². The Balaban J connectivity index is 1.49. The summed E-state index contributed by atoms with van der Waals surface area (Å²) in [5.74, 6) is 0. The number of ether oxygens (including phenoxy) is 1. The number of benzene rings is 1. The van der Waals surface area contributed by atoms with E-state index < -0.39 is 0 Å². The topological polar surface area (TPSA) is 25.4 Å². The van der Waals surface area contributed by atoms with Gasteiger partial charge in [0.1, 0.15) is 0 Å². The third-order valence-electron chi connectivity index (χ3n) is 7.96. The van der Waals surface area contributed by atoms with E-state index in [1.165, 1.54) is 75.6 Å². The maximum absolute atomic E-state index is 6.04. The lowest BCUT2D eigenvalue weighted by atomic mass is 9.70. The maximum atomic E-state index is 6.04. The van der Waals surface area contributed by atoms with Crippen molar-refractivity contribution in [3.8, 4) is 0 Å². The Labute approximate surface area is 189 Å². The van der Waals surface area contributed by atoms with Crippen LogP contribution in [0.5, 0.6) is 0 Å². The highest BCUT2D eigenvalue weighted by Crippen LogP contribution is 2.46. The molecule has 0 unspecified atom stereocenters. The van der Waals surface area contributed by atoms with Crippen molar-refractivity contribution < 1.29 is 4.74 Å². The molecular formula is C28H40N2O. The van der Waals surface area contributed by atoms with Crippen molar-refractivity contribution in [2.24, 2.45) is 5.41 Å². The normalized spacial score (nSPS) is 21.1. The Hall–Kier alpha value is -1.71. The first-order valence-corrected chi connectivity index (χ1v) is 12.5.